The number of rotatable bonds is 7. The van der Waals surface area contributed by atoms with Gasteiger partial charge in [0.2, 0.25) is 5.91 Å². The van der Waals surface area contributed by atoms with E-state index in [1.807, 2.05) is 0 Å². The Labute approximate surface area is 292 Å². The number of likely N-dealkylation sites (N-methyl/N-ethyl adjacent to an activating group) is 1. The summed E-state index contributed by atoms with van der Waals surface area (Å²) in [6, 6.07) is 1.31. The van der Waals surface area contributed by atoms with Gasteiger partial charge in [0.1, 0.15) is 23.5 Å². The average Bonchev–Trinajstić information content (AvgIpc) is 3.87. The summed E-state index contributed by atoms with van der Waals surface area (Å²) >= 11 is 0. The molecule has 0 radical (unpaired) electrons. The molecule has 1 aliphatic heterocycles. The number of aromatic nitrogens is 1. The van der Waals surface area contributed by atoms with E-state index in [2.05, 4.69) is 5.32 Å². The number of aryl methyl sites for hydroxylation is 2. The van der Waals surface area contributed by atoms with Gasteiger partial charge in [-0.15, -0.1) is 0 Å². The summed E-state index contributed by atoms with van der Waals surface area (Å²) in [5.41, 5.74) is -1.63. The molecule has 5 rings (SSSR count). The molecular weight excluding hydrogens is 676 g/mol. The minimum absolute atomic E-state index is 0.00438. The Kier molecular flexibility index (Phi) is 11.7. The molecule has 1 amide bonds. The number of hydrogen-bond acceptors (Lipinski definition) is 4. The lowest BCUT2D eigenvalue weighted by Crippen LogP contribution is -2.40. The molecule has 2 aromatic carbocycles. The van der Waals surface area contributed by atoms with Gasteiger partial charge in [0.05, 0.1) is 18.0 Å². The molecule has 2 N–H and O–H groups in total. The predicted octanol–water partition coefficient (Wildman–Crippen LogP) is 8.01. The Hall–Kier alpha value is -4.13. The van der Waals surface area contributed by atoms with Crippen LogP contribution in [0.2, 0.25) is 0 Å². The van der Waals surface area contributed by atoms with Gasteiger partial charge in [-0.25, -0.2) is 13.2 Å². The fourth-order valence-electron chi connectivity index (χ4n) is 7.14. The molecule has 51 heavy (non-hydrogen) atoms. The fourth-order valence-corrected chi connectivity index (χ4v) is 7.14. The number of benzene rings is 2. The number of amides is 1. The fraction of sp³-hybridized carbons (Fsp3) is 0.500. The normalized spacial score (nSPS) is 19.1. The third-order valence-corrected chi connectivity index (χ3v) is 9.83. The highest BCUT2D eigenvalue weighted by Crippen LogP contribution is 2.46. The first kappa shape index (κ1) is 38.1. The van der Waals surface area contributed by atoms with Crippen molar-refractivity contribution in [3.05, 3.63) is 91.6 Å². The van der Waals surface area contributed by atoms with Gasteiger partial charge in [0.25, 0.3) is 5.56 Å². The molecule has 2 heterocycles. The molecule has 13 heteroatoms. The van der Waals surface area contributed by atoms with Gasteiger partial charge in [0.15, 0.2) is 0 Å². The summed E-state index contributed by atoms with van der Waals surface area (Å²) in [5, 5.41) is 12.4. The van der Waals surface area contributed by atoms with Crippen LogP contribution in [-0.4, -0.2) is 47.1 Å². The molecular formula is C38H43F6N3O4. The van der Waals surface area contributed by atoms with Crippen molar-refractivity contribution in [2.24, 2.45) is 0 Å². The summed E-state index contributed by atoms with van der Waals surface area (Å²) in [7, 11) is 3.36. The van der Waals surface area contributed by atoms with Crippen LogP contribution in [0, 0.1) is 24.4 Å². The van der Waals surface area contributed by atoms with Gasteiger partial charge < -0.3 is 19.9 Å². The Morgan fingerprint density at radius 2 is 1.65 bits per heavy atom. The van der Waals surface area contributed by atoms with Gasteiger partial charge >= 0.3 is 12.1 Å². The highest BCUT2D eigenvalue weighted by molar-refractivity contribution is 5.82. The summed E-state index contributed by atoms with van der Waals surface area (Å²) in [6.07, 6.45) is -0.243. The topological polar surface area (TPSA) is 91.6 Å². The molecule has 7 nitrogen and oxygen atoms in total. The summed E-state index contributed by atoms with van der Waals surface area (Å²) in [6.45, 7) is 1.83. The van der Waals surface area contributed by atoms with Crippen LogP contribution in [0.5, 0.6) is 0 Å². The lowest BCUT2D eigenvalue weighted by molar-refractivity contribution is -0.139. The maximum absolute atomic E-state index is 16.9. The van der Waals surface area contributed by atoms with E-state index in [0.717, 1.165) is 10.8 Å². The third-order valence-electron chi connectivity index (χ3n) is 9.83. The number of alkyl halides is 3. The van der Waals surface area contributed by atoms with Crippen LogP contribution in [0.25, 0.3) is 11.1 Å². The molecule has 276 valence electrons. The van der Waals surface area contributed by atoms with Crippen molar-refractivity contribution in [3.63, 3.8) is 0 Å². The van der Waals surface area contributed by atoms with Crippen LogP contribution in [0.1, 0.15) is 109 Å². The van der Waals surface area contributed by atoms with Crippen LogP contribution >= 0.6 is 0 Å². The molecule has 2 atom stereocenters. The van der Waals surface area contributed by atoms with E-state index in [1.54, 1.807) is 25.9 Å². The first-order chi connectivity index (χ1) is 24.1. The lowest BCUT2D eigenvalue weighted by Gasteiger charge is -2.27. The van der Waals surface area contributed by atoms with Crippen LogP contribution < -0.4 is 10.9 Å². The number of pyridine rings is 1. The third kappa shape index (κ3) is 8.85. The van der Waals surface area contributed by atoms with Crippen molar-refractivity contribution >= 4 is 11.9 Å². The average molecular weight is 720 g/mol. The van der Waals surface area contributed by atoms with Gasteiger partial charge in [-0.2, -0.15) is 13.2 Å². The van der Waals surface area contributed by atoms with E-state index in [1.165, 1.54) is 18.2 Å². The van der Waals surface area contributed by atoms with Crippen LogP contribution in [0.15, 0.2) is 35.3 Å². The quantitative estimate of drug-likeness (QED) is 0.242. The maximum atomic E-state index is 16.9. The van der Waals surface area contributed by atoms with E-state index in [9.17, 15) is 37.1 Å². The number of aliphatic carboxylic acids is 1. The minimum atomic E-state index is -4.84. The number of nitrogens with one attached hydrogen (secondary N) is 1. The second-order valence-electron chi connectivity index (χ2n) is 14.1. The first-order valence-electron chi connectivity index (χ1n) is 17.4. The van der Waals surface area contributed by atoms with E-state index in [-0.39, 0.29) is 42.0 Å². The molecule has 2 aliphatic rings. The van der Waals surface area contributed by atoms with Gasteiger partial charge in [-0.3, -0.25) is 14.4 Å². The highest BCUT2D eigenvalue weighted by Gasteiger charge is 2.38. The van der Waals surface area contributed by atoms with Crippen LogP contribution in [-0.2, 0) is 28.6 Å². The van der Waals surface area contributed by atoms with E-state index in [4.69, 9.17) is 0 Å². The molecule has 2 bridgehead atoms. The molecule has 1 fully saturated rings. The summed E-state index contributed by atoms with van der Waals surface area (Å²) < 4.78 is 91.0. The second-order valence-corrected chi connectivity index (χ2v) is 14.1. The van der Waals surface area contributed by atoms with Crippen molar-refractivity contribution in [2.75, 3.05) is 20.6 Å². The van der Waals surface area contributed by atoms with Crippen molar-refractivity contribution < 1.29 is 41.0 Å². The molecule has 0 unspecified atom stereocenters. The van der Waals surface area contributed by atoms with Crippen molar-refractivity contribution in [2.45, 2.75) is 102 Å². The summed E-state index contributed by atoms with van der Waals surface area (Å²) in [4.78, 5) is 41.3. The highest BCUT2D eigenvalue weighted by atomic mass is 19.4. The number of hydrogen-bond donors (Lipinski definition) is 2. The van der Waals surface area contributed by atoms with E-state index < -0.39 is 70.7 Å². The second kappa shape index (κ2) is 15.6. The van der Waals surface area contributed by atoms with E-state index in [0.29, 0.717) is 74.1 Å². The van der Waals surface area contributed by atoms with E-state index >= 15 is 8.78 Å². The van der Waals surface area contributed by atoms with Crippen molar-refractivity contribution in [3.8, 4) is 11.1 Å². The zero-order valence-corrected chi connectivity index (χ0v) is 28.9. The number of fused-ring (bicyclic) bond motifs is 4. The SMILES string of the molecule is Cc1cc(F)cc2c1-c1cc(C3CC3)c(F)c(c1F)[C@H](CC(=O)O)NC(=O)[C@@H](n1cc(CCN(C)C)c(C(F)(F)F)cc1=O)CCCCCCC2. The minimum Gasteiger partial charge on any atom is -0.481 e. The standard InChI is InChI=1S/C38H43F6N3O4/c1-21-15-25(39)16-23-9-7-5-4-6-8-10-30(47-20-24(13-14-46(2)3)28(18-31(47)48)38(42,43)44)37(51)45-29(19-32(49)50)34-35(40)26(22-11-12-22)17-27(33(21)23)36(34)41/h15-18,20,22,29-30H,4-14,19H2,1-3H3,(H,45,51)(H,49,50)/t29-,30-/m0/s1. The number of carbonyl (C=O) groups is 2. The Morgan fingerprint density at radius 1 is 0.961 bits per heavy atom. The van der Waals surface area contributed by atoms with Crippen molar-refractivity contribution in [1.82, 2.24) is 14.8 Å². The number of carboxylic acid groups (broad SMARTS) is 1. The number of halogens is 6. The largest absolute Gasteiger partial charge is 0.481 e. The Balaban J connectivity index is 1.68. The number of nitrogens with zero attached hydrogens (tertiary/aromatic N) is 2. The van der Waals surface area contributed by atoms with Gasteiger partial charge in [-0.05, 0) is 111 Å². The molecule has 1 aromatic heterocycles. The molecule has 0 spiro atoms. The maximum Gasteiger partial charge on any atom is 0.416 e. The Bertz CT molecular complexity index is 1850. The summed E-state index contributed by atoms with van der Waals surface area (Å²) in [5.74, 6) is -5.29. The molecule has 1 saturated carbocycles. The first-order valence-corrected chi connectivity index (χ1v) is 17.4. The Morgan fingerprint density at radius 3 is 2.29 bits per heavy atom. The lowest BCUT2D eigenvalue weighted by atomic mass is 9.86. The predicted molar refractivity (Wildman–Crippen MR) is 180 cm³/mol. The number of carboxylic acids is 1. The zero-order chi connectivity index (χ0) is 37.2. The van der Waals surface area contributed by atoms with Crippen LogP contribution in [0.3, 0.4) is 0 Å². The molecule has 1 aliphatic carbocycles. The van der Waals surface area contributed by atoms with Crippen molar-refractivity contribution in [1.29, 1.82) is 0 Å². The molecule has 3 aromatic rings. The number of carbonyl (C=O) groups excluding carboxylic acids is 1. The smallest absolute Gasteiger partial charge is 0.416 e. The van der Waals surface area contributed by atoms with Gasteiger partial charge in [-0.1, -0.05) is 25.7 Å². The van der Waals surface area contributed by atoms with Gasteiger partial charge in [0, 0.05) is 29.9 Å². The monoisotopic (exact) mass is 719 g/mol. The zero-order valence-electron chi connectivity index (χ0n) is 28.9. The molecule has 0 saturated heterocycles. The van der Waals surface area contributed by atoms with Crippen LogP contribution in [0.4, 0.5) is 26.3 Å².